The second kappa shape index (κ2) is 24.9. The van der Waals surface area contributed by atoms with Gasteiger partial charge in [0.25, 0.3) is 11.8 Å². The van der Waals surface area contributed by atoms with Crippen molar-refractivity contribution >= 4 is 35.3 Å². The number of aromatic nitrogens is 3. The first-order chi connectivity index (χ1) is 35.2. The number of phenolic OH excluding ortho intramolecular Hbond substituents is 1. The molecule has 8 rings (SSSR count). The van der Waals surface area contributed by atoms with Crippen molar-refractivity contribution in [2.75, 3.05) is 30.7 Å². The second-order valence-corrected chi connectivity index (χ2v) is 17.1. The van der Waals surface area contributed by atoms with Crippen molar-refractivity contribution in [1.29, 1.82) is 0 Å². The summed E-state index contributed by atoms with van der Waals surface area (Å²) in [6.45, 7) is 12.9. The number of aryl methyl sites for hydroxylation is 1. The zero-order valence-electron chi connectivity index (χ0n) is 42.2. The summed E-state index contributed by atoms with van der Waals surface area (Å²) >= 11 is 0. The molecule has 0 bridgehead atoms. The van der Waals surface area contributed by atoms with E-state index in [0.717, 1.165) is 52.6 Å². The van der Waals surface area contributed by atoms with Gasteiger partial charge < -0.3 is 41.6 Å². The second-order valence-electron chi connectivity index (χ2n) is 17.1. The number of alkyl halides is 2. The fraction of sp³-hybridized carbons (Fsp3) is 0.339. The molecule has 6 aromatic rings. The molecule has 0 spiro atoms. The van der Waals surface area contributed by atoms with Crippen LogP contribution in [0.4, 0.5) is 20.4 Å². The monoisotopic (exact) mass is 998 g/mol. The van der Waals surface area contributed by atoms with E-state index in [-0.39, 0.29) is 59.7 Å². The number of rotatable bonds is 19. The Kier molecular flexibility index (Phi) is 18.6. The average molecular weight is 999 g/mol. The normalized spacial score (nSPS) is 13.3. The number of carbonyl (C=O) groups excluding carboxylic acids is 4. The van der Waals surface area contributed by atoms with Crippen LogP contribution in [0.1, 0.15) is 117 Å². The predicted molar refractivity (Wildman–Crippen MR) is 278 cm³/mol. The molecule has 15 nitrogen and oxygen atoms in total. The van der Waals surface area contributed by atoms with E-state index in [1.54, 1.807) is 73.1 Å². The molecule has 1 aliphatic heterocycles. The summed E-state index contributed by atoms with van der Waals surface area (Å²) < 4.78 is 36.3. The molecule has 4 amide bonds. The highest BCUT2D eigenvalue weighted by Crippen LogP contribution is 2.52. The predicted octanol–water partition coefficient (Wildman–Crippen LogP) is 10.3. The molecular weight excluding hydrogens is 935 g/mol. The van der Waals surface area contributed by atoms with Crippen molar-refractivity contribution in [3.8, 4) is 50.8 Å². The van der Waals surface area contributed by atoms with Crippen LogP contribution in [0.5, 0.6) is 17.2 Å². The Hall–Kier alpha value is -7.95. The van der Waals surface area contributed by atoms with Crippen LogP contribution in [0.2, 0.25) is 0 Å². The molecular formula is C56H64F2N8O7. The largest absolute Gasteiger partial charge is 0.586 e. The van der Waals surface area contributed by atoms with Crippen LogP contribution in [-0.2, 0) is 21.4 Å². The van der Waals surface area contributed by atoms with Gasteiger partial charge in [0.2, 0.25) is 11.8 Å². The molecule has 3 aromatic heterocycles. The SMILES string of the molecule is CC.CC.CCc1c(-c2ccc(C(=O)NCCNC(=O)CCCCCCNC(=O)c3cccc(-c4nc(NC(=O)C5(c6ccc7c(c6)OC(F)(F)O7)CC5)ccc4C)c3)nc2)cnc(N)c1-c1ccc(O)cc1. The molecule has 0 saturated heterocycles. The van der Waals surface area contributed by atoms with Gasteiger partial charge in [-0.2, -0.15) is 0 Å². The van der Waals surface area contributed by atoms with Gasteiger partial charge in [-0.25, -0.2) is 9.97 Å². The van der Waals surface area contributed by atoms with E-state index in [0.29, 0.717) is 72.7 Å². The molecule has 2 aliphatic rings. The van der Waals surface area contributed by atoms with Gasteiger partial charge in [0.1, 0.15) is 23.1 Å². The lowest BCUT2D eigenvalue weighted by molar-refractivity contribution is -0.286. The van der Waals surface area contributed by atoms with Gasteiger partial charge in [0.05, 0.1) is 11.1 Å². The minimum Gasteiger partial charge on any atom is -0.508 e. The summed E-state index contributed by atoms with van der Waals surface area (Å²) in [6.07, 6.45) is 4.66. The number of unbranched alkanes of at least 4 members (excludes halogenated alkanes) is 3. The maximum atomic E-state index is 13.6. The van der Waals surface area contributed by atoms with Crippen LogP contribution in [-0.4, -0.2) is 69.6 Å². The summed E-state index contributed by atoms with van der Waals surface area (Å²) in [7, 11) is 0. The lowest BCUT2D eigenvalue weighted by Gasteiger charge is -2.17. The number of anilines is 2. The van der Waals surface area contributed by atoms with Crippen LogP contribution < -0.4 is 36.5 Å². The van der Waals surface area contributed by atoms with Crippen LogP contribution in [0.25, 0.3) is 33.5 Å². The Labute approximate surface area is 424 Å². The number of halogens is 2. The lowest BCUT2D eigenvalue weighted by atomic mass is 9.92. The molecule has 0 radical (unpaired) electrons. The van der Waals surface area contributed by atoms with Gasteiger partial charge >= 0.3 is 6.29 Å². The van der Waals surface area contributed by atoms with Crippen molar-refractivity contribution in [3.63, 3.8) is 0 Å². The number of amides is 4. The minimum atomic E-state index is -3.75. The van der Waals surface area contributed by atoms with E-state index < -0.39 is 11.7 Å². The summed E-state index contributed by atoms with van der Waals surface area (Å²) in [5.74, 6) is -0.381. The molecule has 0 unspecified atom stereocenters. The Morgan fingerprint density at radius 2 is 1.42 bits per heavy atom. The lowest BCUT2D eigenvalue weighted by Crippen LogP contribution is -2.34. The van der Waals surface area contributed by atoms with Crippen molar-refractivity contribution < 1.29 is 42.5 Å². The maximum Gasteiger partial charge on any atom is 0.586 e. The third-order valence-electron chi connectivity index (χ3n) is 12.3. The smallest absolute Gasteiger partial charge is 0.508 e. The van der Waals surface area contributed by atoms with Gasteiger partial charge in [-0.1, -0.05) is 89.9 Å². The van der Waals surface area contributed by atoms with Crippen LogP contribution >= 0.6 is 0 Å². The number of aromatic hydroxyl groups is 1. The van der Waals surface area contributed by atoms with Crippen LogP contribution in [0.15, 0.2) is 103 Å². The number of nitrogens with one attached hydrogen (secondary N) is 4. The number of nitrogens with two attached hydrogens (primary N) is 1. The summed E-state index contributed by atoms with van der Waals surface area (Å²) in [4.78, 5) is 65.5. The molecule has 3 aromatic carbocycles. The van der Waals surface area contributed by atoms with Crippen molar-refractivity contribution in [2.45, 2.75) is 105 Å². The van der Waals surface area contributed by atoms with E-state index in [1.807, 2.05) is 59.7 Å². The summed E-state index contributed by atoms with van der Waals surface area (Å²) in [6, 6.07) is 25.2. The Morgan fingerprint density at radius 3 is 2.14 bits per heavy atom. The Balaban J connectivity index is 0.00000212. The number of hydrogen-bond acceptors (Lipinski definition) is 11. The number of nitrogens with zero attached hydrogens (tertiary/aromatic N) is 3. The molecule has 1 aliphatic carbocycles. The van der Waals surface area contributed by atoms with E-state index >= 15 is 0 Å². The number of pyridine rings is 3. The van der Waals surface area contributed by atoms with E-state index in [9.17, 15) is 33.1 Å². The fourth-order valence-electron chi connectivity index (χ4n) is 8.40. The van der Waals surface area contributed by atoms with E-state index in [1.165, 1.54) is 12.1 Å². The highest BCUT2D eigenvalue weighted by Gasteiger charge is 2.53. The first-order valence-corrected chi connectivity index (χ1v) is 24.9. The quantitative estimate of drug-likeness (QED) is 0.0419. The van der Waals surface area contributed by atoms with Crippen molar-refractivity contribution in [2.24, 2.45) is 0 Å². The van der Waals surface area contributed by atoms with Crippen LogP contribution in [0.3, 0.4) is 0 Å². The number of hydrogen-bond donors (Lipinski definition) is 6. The van der Waals surface area contributed by atoms with Gasteiger partial charge in [-0.15, -0.1) is 8.78 Å². The zero-order valence-corrected chi connectivity index (χ0v) is 42.2. The average Bonchev–Trinajstić information content (AvgIpc) is 4.16. The molecule has 7 N–H and O–H groups in total. The minimum absolute atomic E-state index is 0.0861. The molecule has 0 atom stereocenters. The Bertz CT molecular complexity index is 2890. The number of carbonyl (C=O) groups is 4. The van der Waals surface area contributed by atoms with Crippen molar-refractivity contribution in [1.82, 2.24) is 30.9 Å². The van der Waals surface area contributed by atoms with Gasteiger partial charge in [-0.3, -0.25) is 24.2 Å². The first kappa shape index (κ1) is 54.4. The third kappa shape index (κ3) is 13.5. The maximum absolute atomic E-state index is 13.6. The van der Waals surface area contributed by atoms with Gasteiger partial charge in [-0.05, 0) is 110 Å². The molecule has 17 heteroatoms. The molecule has 1 saturated carbocycles. The van der Waals surface area contributed by atoms with Gasteiger partial charge in [0, 0.05) is 66.3 Å². The number of ether oxygens (including phenoxy) is 2. The number of benzene rings is 3. The van der Waals surface area contributed by atoms with Gasteiger partial charge in [0.15, 0.2) is 11.5 Å². The fourth-order valence-corrected chi connectivity index (χ4v) is 8.40. The highest BCUT2D eigenvalue weighted by molar-refractivity contribution is 6.01. The topological polar surface area (TPSA) is 220 Å². The van der Waals surface area contributed by atoms with Crippen LogP contribution in [0, 0.1) is 6.92 Å². The number of fused-ring (bicyclic) bond motifs is 1. The summed E-state index contributed by atoms with van der Waals surface area (Å²) in [5.41, 5.74) is 12.9. The number of nitrogen functional groups attached to an aromatic ring is 1. The molecule has 73 heavy (non-hydrogen) atoms. The van der Waals surface area contributed by atoms with Crippen molar-refractivity contribution in [3.05, 3.63) is 131 Å². The third-order valence-corrected chi connectivity index (χ3v) is 12.3. The summed E-state index contributed by atoms with van der Waals surface area (Å²) in [5, 5.41) is 21.2. The zero-order chi connectivity index (χ0) is 52.7. The molecule has 384 valence electrons. The highest BCUT2D eigenvalue weighted by atomic mass is 19.3. The Morgan fingerprint density at radius 1 is 0.726 bits per heavy atom. The van der Waals surface area contributed by atoms with E-state index in [4.69, 9.17) is 10.7 Å². The standard InChI is InChI=1S/C52H52F2N8O7.2C2H6/c1-3-38-39(30-60-47(55)45(38)32-13-17-37(63)18-14-32)35-15-19-40(59-29-35)49(66)58-26-25-56-44(64)11-6-4-5-7-24-57-48(65)34-10-8-9-33(27-34)46-31(2)12-21-43(61-46)62-50(67)51(22-23-51)36-16-20-41-42(28-36)69-52(53,54)68-41;2*1-2/h8-10,12-21,27-30,63H,3-7,11,22-26H2,1-2H3,(H2,55,60)(H,56,64)(H,57,65)(H,58,66)(H,61,62,67);2*1-2H3. The number of phenols is 1. The van der Waals surface area contributed by atoms with E-state index in [2.05, 4.69) is 40.7 Å². The first-order valence-electron chi connectivity index (χ1n) is 24.9. The molecule has 1 fully saturated rings. The molecule has 4 heterocycles.